The number of rotatable bonds is 6. The fourth-order valence-corrected chi connectivity index (χ4v) is 2.79. The van der Waals surface area contributed by atoms with Crippen LogP contribution in [0.5, 0.6) is 0 Å². The number of nitrogens with one attached hydrogen (secondary N) is 1. The first-order valence-electron chi connectivity index (χ1n) is 8.99. The number of hydrogen-bond donors (Lipinski definition) is 1. The number of esters is 1. The second-order valence-corrected chi connectivity index (χ2v) is 6.42. The van der Waals surface area contributed by atoms with Crippen molar-refractivity contribution in [2.45, 2.75) is 6.92 Å². The van der Waals surface area contributed by atoms with Gasteiger partial charge in [-0.05, 0) is 6.92 Å². The van der Waals surface area contributed by atoms with Gasteiger partial charge in [0.1, 0.15) is 13.1 Å². The van der Waals surface area contributed by atoms with Crippen molar-refractivity contribution < 1.29 is 19.1 Å². The van der Waals surface area contributed by atoms with Crippen molar-refractivity contribution in [3.63, 3.8) is 0 Å². The number of anilines is 3. The van der Waals surface area contributed by atoms with E-state index < -0.39 is 11.9 Å². The van der Waals surface area contributed by atoms with E-state index in [1.807, 2.05) is 4.90 Å². The molecule has 0 bridgehead atoms. The molecular formula is C16H24N8O4. The largest absolute Gasteiger partial charge is 0.465 e. The van der Waals surface area contributed by atoms with Crippen molar-refractivity contribution in [3.05, 3.63) is 0 Å². The Hall–Kier alpha value is -3.02. The van der Waals surface area contributed by atoms with E-state index in [2.05, 4.69) is 15.0 Å². The maximum absolute atomic E-state index is 12.3. The Morgan fingerprint density at radius 3 is 2.54 bits per heavy atom. The zero-order chi connectivity index (χ0) is 20.3. The van der Waals surface area contributed by atoms with Crippen molar-refractivity contribution in [3.8, 4) is 0 Å². The number of aromatic nitrogens is 3. The van der Waals surface area contributed by atoms with Gasteiger partial charge in [0, 0.05) is 27.2 Å². The van der Waals surface area contributed by atoms with Crippen molar-refractivity contribution in [1.29, 1.82) is 5.41 Å². The van der Waals surface area contributed by atoms with Gasteiger partial charge < -0.3 is 19.3 Å². The summed E-state index contributed by atoms with van der Waals surface area (Å²) in [6.45, 7) is 3.88. The van der Waals surface area contributed by atoms with Gasteiger partial charge in [-0.1, -0.05) is 0 Å². The van der Waals surface area contributed by atoms with E-state index in [-0.39, 0.29) is 31.6 Å². The molecule has 1 aromatic rings. The molecule has 3 rings (SSSR count). The molecule has 152 valence electrons. The van der Waals surface area contributed by atoms with Crippen LogP contribution < -0.4 is 14.7 Å². The Labute approximate surface area is 162 Å². The minimum absolute atomic E-state index is 0.127. The topological polar surface area (TPSA) is 128 Å². The maximum atomic E-state index is 12.3. The van der Waals surface area contributed by atoms with E-state index >= 15 is 0 Å². The molecule has 0 unspecified atom stereocenters. The van der Waals surface area contributed by atoms with Crippen LogP contribution >= 0.6 is 0 Å². The second-order valence-electron chi connectivity index (χ2n) is 6.42. The van der Waals surface area contributed by atoms with E-state index in [0.29, 0.717) is 38.2 Å². The molecule has 1 amide bonds. The Kier molecular flexibility index (Phi) is 5.87. The van der Waals surface area contributed by atoms with Crippen LogP contribution in [-0.2, 0) is 19.1 Å². The molecule has 2 aliphatic heterocycles. The summed E-state index contributed by atoms with van der Waals surface area (Å²) < 4.78 is 10.2. The molecule has 0 spiro atoms. The Balaban J connectivity index is 1.87. The summed E-state index contributed by atoms with van der Waals surface area (Å²) in [6.07, 6.45) is 0. The number of carbonyl (C=O) groups excluding carboxylic acids is 2. The van der Waals surface area contributed by atoms with Crippen LogP contribution in [0.1, 0.15) is 6.92 Å². The Morgan fingerprint density at radius 2 is 1.89 bits per heavy atom. The molecule has 1 aromatic heterocycles. The zero-order valence-electron chi connectivity index (χ0n) is 16.2. The van der Waals surface area contributed by atoms with Crippen LogP contribution in [0.25, 0.3) is 0 Å². The first-order chi connectivity index (χ1) is 13.4. The molecule has 2 saturated heterocycles. The average molecular weight is 392 g/mol. The van der Waals surface area contributed by atoms with Gasteiger partial charge >= 0.3 is 5.97 Å². The van der Waals surface area contributed by atoms with Crippen LogP contribution in [-0.4, -0.2) is 97.8 Å². The number of nitrogens with zero attached hydrogens (tertiary/aromatic N) is 7. The summed E-state index contributed by atoms with van der Waals surface area (Å²) in [6, 6.07) is 0. The highest BCUT2D eigenvalue weighted by molar-refractivity contribution is 6.13. The average Bonchev–Trinajstić information content (AvgIpc) is 2.96. The van der Waals surface area contributed by atoms with E-state index in [1.54, 1.807) is 25.9 Å². The first kappa shape index (κ1) is 19.7. The predicted octanol–water partition coefficient (Wildman–Crippen LogP) is -1.08. The highest BCUT2D eigenvalue weighted by Crippen LogP contribution is 2.22. The zero-order valence-corrected chi connectivity index (χ0v) is 16.2. The molecule has 0 aromatic carbocycles. The summed E-state index contributed by atoms with van der Waals surface area (Å²) in [5, 5.41) is 8.32. The van der Waals surface area contributed by atoms with Gasteiger partial charge in [0.05, 0.1) is 19.8 Å². The maximum Gasteiger partial charge on any atom is 0.326 e. The van der Waals surface area contributed by atoms with E-state index in [0.717, 1.165) is 4.90 Å². The van der Waals surface area contributed by atoms with Crippen molar-refractivity contribution in [2.24, 2.45) is 0 Å². The molecule has 0 saturated carbocycles. The van der Waals surface area contributed by atoms with Gasteiger partial charge in [-0.15, -0.1) is 0 Å². The van der Waals surface area contributed by atoms with E-state index in [9.17, 15) is 9.59 Å². The summed E-state index contributed by atoms with van der Waals surface area (Å²) in [5.74, 6) is -0.0673. The summed E-state index contributed by atoms with van der Waals surface area (Å²) >= 11 is 0. The van der Waals surface area contributed by atoms with E-state index in [4.69, 9.17) is 14.9 Å². The van der Waals surface area contributed by atoms with Crippen molar-refractivity contribution in [2.75, 3.05) is 74.8 Å². The van der Waals surface area contributed by atoms with Gasteiger partial charge in [-0.25, -0.2) is 0 Å². The molecular weight excluding hydrogens is 368 g/mol. The molecule has 0 radical (unpaired) electrons. The lowest BCUT2D eigenvalue weighted by Crippen LogP contribution is -2.40. The van der Waals surface area contributed by atoms with Gasteiger partial charge in [0.2, 0.25) is 29.7 Å². The van der Waals surface area contributed by atoms with Crippen LogP contribution in [0.3, 0.4) is 0 Å². The number of hydrogen-bond acceptors (Lipinski definition) is 10. The van der Waals surface area contributed by atoms with Crippen molar-refractivity contribution >= 4 is 35.7 Å². The number of morpholine rings is 1. The number of ether oxygens (including phenoxy) is 2. The quantitative estimate of drug-likeness (QED) is 0.597. The molecule has 28 heavy (non-hydrogen) atoms. The number of amides is 1. The number of carbonyl (C=O) groups is 2. The smallest absolute Gasteiger partial charge is 0.326 e. The summed E-state index contributed by atoms with van der Waals surface area (Å²) in [7, 11) is 3.60. The summed E-state index contributed by atoms with van der Waals surface area (Å²) in [5.41, 5.74) is 0. The fraction of sp³-hybridized carbons (Fsp3) is 0.625. The van der Waals surface area contributed by atoms with Gasteiger partial charge in [-0.3, -0.25) is 24.8 Å². The van der Waals surface area contributed by atoms with Crippen LogP contribution in [0.15, 0.2) is 0 Å². The third-order valence-electron chi connectivity index (χ3n) is 4.23. The minimum atomic E-state index is -0.568. The lowest BCUT2D eigenvalue weighted by Gasteiger charge is -2.28. The first-order valence-corrected chi connectivity index (χ1v) is 8.99. The third-order valence-corrected chi connectivity index (χ3v) is 4.23. The fourth-order valence-electron chi connectivity index (χ4n) is 2.79. The van der Waals surface area contributed by atoms with Gasteiger partial charge in [-0.2, -0.15) is 15.0 Å². The highest BCUT2D eigenvalue weighted by atomic mass is 16.5. The number of guanidine groups is 1. The van der Waals surface area contributed by atoms with Crippen LogP contribution in [0.2, 0.25) is 0 Å². The van der Waals surface area contributed by atoms with Gasteiger partial charge in [0.25, 0.3) is 0 Å². The van der Waals surface area contributed by atoms with Crippen LogP contribution in [0, 0.1) is 5.41 Å². The normalized spacial score (nSPS) is 17.3. The molecule has 1 N–H and O–H groups in total. The predicted molar refractivity (Wildman–Crippen MR) is 101 cm³/mol. The SMILES string of the molecule is CCOC(=O)CN1C(=N)N(c2nc(N(C)C)nc(N3CCOCC3)n2)CC1=O. The minimum Gasteiger partial charge on any atom is -0.465 e. The highest BCUT2D eigenvalue weighted by Gasteiger charge is 2.37. The molecule has 2 fully saturated rings. The molecule has 0 aliphatic carbocycles. The monoisotopic (exact) mass is 392 g/mol. The van der Waals surface area contributed by atoms with Gasteiger partial charge in [0.15, 0.2) is 0 Å². The third kappa shape index (κ3) is 4.11. The second kappa shape index (κ2) is 8.33. The lowest BCUT2D eigenvalue weighted by atomic mass is 10.4. The molecule has 2 aliphatic rings. The molecule has 12 heteroatoms. The van der Waals surface area contributed by atoms with Crippen molar-refractivity contribution in [1.82, 2.24) is 19.9 Å². The Bertz CT molecular complexity index is 765. The standard InChI is InChI=1S/C16H24N8O4/c1-4-28-12(26)10-23-11(25)9-24(13(23)17)16-19-14(21(2)3)18-15(20-16)22-5-7-27-8-6-22/h17H,4-10H2,1-3H3. The van der Waals surface area contributed by atoms with Crippen LogP contribution in [0.4, 0.5) is 17.8 Å². The lowest BCUT2D eigenvalue weighted by molar-refractivity contribution is -0.146. The molecule has 3 heterocycles. The molecule has 12 nitrogen and oxygen atoms in total. The Morgan fingerprint density at radius 1 is 1.21 bits per heavy atom. The summed E-state index contributed by atoms with van der Waals surface area (Å²) in [4.78, 5) is 43.5. The van der Waals surface area contributed by atoms with E-state index in [1.165, 1.54) is 4.90 Å². The molecule has 0 atom stereocenters.